The first-order valence-electron chi connectivity index (χ1n) is 8.69. The molecule has 0 saturated carbocycles. The van der Waals surface area contributed by atoms with Crippen molar-refractivity contribution in [3.05, 3.63) is 23.8 Å². The average molecular weight is 366 g/mol. The summed E-state index contributed by atoms with van der Waals surface area (Å²) >= 11 is 1.71. The van der Waals surface area contributed by atoms with E-state index in [9.17, 15) is 0 Å². The Morgan fingerprint density at radius 3 is 2.20 bits per heavy atom. The van der Waals surface area contributed by atoms with E-state index in [4.69, 9.17) is 18.8 Å². The molecule has 2 rings (SSSR count). The van der Waals surface area contributed by atoms with Gasteiger partial charge in [-0.25, -0.2) is 0 Å². The second kappa shape index (κ2) is 7.51. The first kappa shape index (κ1) is 20.6. The van der Waals surface area contributed by atoms with Crippen LogP contribution >= 0.6 is 11.8 Å². The molecule has 0 bridgehead atoms. The van der Waals surface area contributed by atoms with E-state index in [1.807, 2.05) is 12.1 Å². The van der Waals surface area contributed by atoms with Crippen molar-refractivity contribution >= 4 is 24.3 Å². The van der Waals surface area contributed by atoms with Crippen molar-refractivity contribution in [1.29, 1.82) is 0 Å². The maximum Gasteiger partial charge on any atom is 0.494 e. The molecule has 1 heterocycles. The summed E-state index contributed by atoms with van der Waals surface area (Å²) in [6, 6.07) is 6.19. The largest absolute Gasteiger partial charge is 0.494 e. The van der Waals surface area contributed by atoms with Crippen molar-refractivity contribution in [2.45, 2.75) is 71.0 Å². The van der Waals surface area contributed by atoms with Gasteiger partial charge >= 0.3 is 7.12 Å². The second-order valence-electron chi connectivity index (χ2n) is 8.42. The Balaban J connectivity index is 2.27. The summed E-state index contributed by atoms with van der Waals surface area (Å²) in [4.78, 5) is 0. The SMILES string of the molecule is COCSCc1cc(B2OC(C)(C)C(C)(C)O2)ccc1OC(C)(C)C. The lowest BCUT2D eigenvalue weighted by atomic mass is 9.78. The van der Waals surface area contributed by atoms with Crippen molar-refractivity contribution in [3.8, 4) is 5.75 Å². The minimum Gasteiger partial charge on any atom is -0.488 e. The summed E-state index contributed by atoms with van der Waals surface area (Å²) in [5.74, 6) is 2.36. The molecule has 1 aliphatic rings. The molecule has 25 heavy (non-hydrogen) atoms. The Labute approximate surface area is 157 Å². The zero-order valence-electron chi connectivity index (χ0n) is 16.8. The maximum absolute atomic E-state index is 6.18. The lowest BCUT2D eigenvalue weighted by Gasteiger charge is -2.32. The molecule has 0 aromatic heterocycles. The van der Waals surface area contributed by atoms with Crippen molar-refractivity contribution in [1.82, 2.24) is 0 Å². The molecule has 1 aliphatic heterocycles. The molecule has 1 saturated heterocycles. The summed E-state index contributed by atoms with van der Waals surface area (Å²) in [6.45, 7) is 14.4. The third-order valence-electron chi connectivity index (χ3n) is 4.48. The molecule has 0 spiro atoms. The third kappa shape index (κ3) is 5.16. The van der Waals surface area contributed by atoms with E-state index in [0.29, 0.717) is 5.94 Å². The quantitative estimate of drug-likeness (QED) is 0.432. The summed E-state index contributed by atoms with van der Waals surface area (Å²) in [5.41, 5.74) is 1.22. The highest BCUT2D eigenvalue weighted by atomic mass is 32.2. The second-order valence-corrected chi connectivity index (χ2v) is 9.36. The molecule has 6 heteroatoms. The standard InChI is InChI=1S/C19H31BO4S/c1-17(2,3)22-16-10-9-15(11-14(16)12-25-13-21-8)20-23-18(4,5)19(6,7)24-20/h9-11H,12-13H2,1-8H3. The van der Waals surface area contributed by atoms with Crippen LogP contribution in [0.3, 0.4) is 0 Å². The highest BCUT2D eigenvalue weighted by molar-refractivity contribution is 7.98. The van der Waals surface area contributed by atoms with Crippen molar-refractivity contribution in [2.75, 3.05) is 13.0 Å². The lowest BCUT2D eigenvalue weighted by Crippen LogP contribution is -2.41. The zero-order chi connectivity index (χ0) is 18.9. The predicted molar refractivity (Wildman–Crippen MR) is 106 cm³/mol. The number of hydrogen-bond donors (Lipinski definition) is 0. The van der Waals surface area contributed by atoms with Gasteiger partial charge in [0.1, 0.15) is 11.4 Å². The van der Waals surface area contributed by atoms with Gasteiger partial charge in [-0.2, -0.15) is 0 Å². The van der Waals surface area contributed by atoms with Crippen LogP contribution in [-0.4, -0.2) is 37.0 Å². The van der Waals surface area contributed by atoms with Crippen LogP contribution in [0.1, 0.15) is 54.0 Å². The van der Waals surface area contributed by atoms with E-state index in [-0.39, 0.29) is 23.9 Å². The third-order valence-corrected chi connectivity index (χ3v) is 5.40. The molecule has 0 amide bonds. The van der Waals surface area contributed by atoms with Gasteiger partial charge in [0.25, 0.3) is 0 Å². The lowest BCUT2D eigenvalue weighted by molar-refractivity contribution is 0.00578. The number of methoxy groups -OCH3 is 1. The molecule has 0 atom stereocenters. The summed E-state index contributed by atoms with van der Waals surface area (Å²) in [7, 11) is 1.35. The van der Waals surface area contributed by atoms with Gasteiger partial charge in [0, 0.05) is 18.4 Å². The zero-order valence-corrected chi connectivity index (χ0v) is 17.6. The minimum atomic E-state index is -0.361. The highest BCUT2D eigenvalue weighted by Gasteiger charge is 2.51. The number of rotatable bonds is 6. The van der Waals surface area contributed by atoms with Crippen LogP contribution in [0.15, 0.2) is 18.2 Å². The highest BCUT2D eigenvalue weighted by Crippen LogP contribution is 2.37. The first-order chi connectivity index (χ1) is 11.5. The number of ether oxygens (including phenoxy) is 2. The molecular formula is C19H31BO4S. The molecule has 1 fully saturated rings. The fraction of sp³-hybridized carbons (Fsp3) is 0.684. The first-order valence-corrected chi connectivity index (χ1v) is 9.85. The predicted octanol–water partition coefficient (Wildman–Crippen LogP) is 4.00. The number of hydrogen-bond acceptors (Lipinski definition) is 5. The van der Waals surface area contributed by atoms with E-state index < -0.39 is 0 Å². The van der Waals surface area contributed by atoms with Crippen LogP contribution < -0.4 is 10.2 Å². The van der Waals surface area contributed by atoms with Crippen LogP contribution in [0.4, 0.5) is 0 Å². The van der Waals surface area contributed by atoms with Gasteiger partial charge in [-0.05, 0) is 60.0 Å². The molecule has 1 aromatic rings. The fourth-order valence-corrected chi connectivity index (χ4v) is 3.20. The van der Waals surface area contributed by atoms with Crippen molar-refractivity contribution in [3.63, 3.8) is 0 Å². The fourth-order valence-electron chi connectivity index (χ4n) is 2.50. The van der Waals surface area contributed by atoms with Crippen LogP contribution in [0.2, 0.25) is 0 Å². The van der Waals surface area contributed by atoms with E-state index >= 15 is 0 Å². The van der Waals surface area contributed by atoms with Crippen LogP contribution in [-0.2, 0) is 19.8 Å². The molecule has 0 N–H and O–H groups in total. The molecule has 0 radical (unpaired) electrons. The monoisotopic (exact) mass is 366 g/mol. The van der Waals surface area contributed by atoms with E-state index in [1.54, 1.807) is 18.9 Å². The van der Waals surface area contributed by atoms with E-state index in [2.05, 4.69) is 54.5 Å². The molecule has 140 valence electrons. The van der Waals surface area contributed by atoms with Gasteiger partial charge in [-0.3, -0.25) is 0 Å². The number of thioether (sulfide) groups is 1. The number of benzene rings is 1. The van der Waals surface area contributed by atoms with Crippen LogP contribution in [0.25, 0.3) is 0 Å². The molecule has 0 unspecified atom stereocenters. The van der Waals surface area contributed by atoms with Crippen LogP contribution in [0.5, 0.6) is 5.75 Å². The summed E-state index contributed by atoms with van der Waals surface area (Å²) in [6.07, 6.45) is 0. The smallest absolute Gasteiger partial charge is 0.488 e. The van der Waals surface area contributed by atoms with Crippen molar-refractivity contribution < 1.29 is 18.8 Å². The Morgan fingerprint density at radius 1 is 1.08 bits per heavy atom. The summed E-state index contributed by atoms with van der Waals surface area (Å²) < 4.78 is 23.6. The average Bonchev–Trinajstić information content (AvgIpc) is 2.68. The summed E-state index contributed by atoms with van der Waals surface area (Å²) in [5, 5.41) is 0. The molecule has 0 aliphatic carbocycles. The Kier molecular flexibility index (Phi) is 6.20. The van der Waals surface area contributed by atoms with E-state index in [0.717, 1.165) is 22.5 Å². The Morgan fingerprint density at radius 2 is 1.68 bits per heavy atom. The Hall–Kier alpha value is -0.685. The molecular weight excluding hydrogens is 335 g/mol. The van der Waals surface area contributed by atoms with Gasteiger partial charge in [0.2, 0.25) is 0 Å². The Bertz CT molecular complexity index is 580. The van der Waals surface area contributed by atoms with Crippen molar-refractivity contribution in [2.24, 2.45) is 0 Å². The normalized spacial score (nSPS) is 19.3. The maximum atomic E-state index is 6.18. The topological polar surface area (TPSA) is 36.9 Å². The van der Waals surface area contributed by atoms with Gasteiger partial charge < -0.3 is 18.8 Å². The molecule has 4 nitrogen and oxygen atoms in total. The van der Waals surface area contributed by atoms with E-state index in [1.165, 1.54) is 0 Å². The van der Waals surface area contributed by atoms with Gasteiger partial charge in [-0.1, -0.05) is 12.1 Å². The van der Waals surface area contributed by atoms with Crippen LogP contribution in [0, 0.1) is 0 Å². The van der Waals surface area contributed by atoms with Gasteiger partial charge in [0.05, 0.1) is 17.1 Å². The minimum absolute atomic E-state index is 0.244. The van der Waals surface area contributed by atoms with Gasteiger partial charge in [0.15, 0.2) is 0 Å². The molecule has 1 aromatic carbocycles. The van der Waals surface area contributed by atoms with Gasteiger partial charge in [-0.15, -0.1) is 11.8 Å².